The predicted molar refractivity (Wildman–Crippen MR) is 47.2 cm³/mol. The minimum atomic E-state index is -1.31. The number of alkyl halides is 1. The van der Waals surface area contributed by atoms with Gasteiger partial charge >= 0.3 is 5.97 Å². The number of hydrogen-bond donors (Lipinski definition) is 0. The number of benzene rings is 1. The van der Waals surface area contributed by atoms with Crippen molar-refractivity contribution in [3.8, 4) is 0 Å². The zero-order chi connectivity index (χ0) is 10.4. The Hall–Kier alpha value is -1.71. The summed E-state index contributed by atoms with van der Waals surface area (Å²) in [5.41, 5.74) is 0.757. The van der Waals surface area contributed by atoms with E-state index in [1.54, 1.807) is 24.3 Å². The third kappa shape index (κ3) is 2.97. The Kier molecular flexibility index (Phi) is 3.79. The minimum Gasteiger partial charge on any atom is -0.455 e. The highest BCUT2D eigenvalue weighted by atomic mass is 19.1. The van der Waals surface area contributed by atoms with E-state index < -0.39 is 18.4 Å². The normalized spacial score (nSPS) is 9.50. The number of halogens is 1. The molecule has 0 radical (unpaired) electrons. The maximum atomic E-state index is 11.7. The smallest absolute Gasteiger partial charge is 0.377 e. The Bertz CT molecular complexity index is 321. The Balaban J connectivity index is 2.42. The van der Waals surface area contributed by atoms with E-state index in [0.29, 0.717) is 0 Å². The van der Waals surface area contributed by atoms with Crippen LogP contribution in [0.15, 0.2) is 30.3 Å². The second kappa shape index (κ2) is 5.11. The lowest BCUT2D eigenvalue weighted by Gasteiger charge is -2.01. The highest BCUT2D eigenvalue weighted by molar-refractivity contribution is 6.34. The van der Waals surface area contributed by atoms with Gasteiger partial charge in [-0.3, -0.25) is 4.79 Å². The molecule has 0 bridgehead atoms. The number of rotatable bonds is 4. The van der Waals surface area contributed by atoms with Gasteiger partial charge in [0, 0.05) is 0 Å². The molecule has 0 spiro atoms. The molecule has 74 valence electrons. The summed E-state index contributed by atoms with van der Waals surface area (Å²) in [6.07, 6.45) is 0. The van der Waals surface area contributed by atoms with E-state index in [2.05, 4.69) is 4.74 Å². The molecule has 14 heavy (non-hydrogen) atoms. The van der Waals surface area contributed by atoms with Gasteiger partial charge in [-0.2, -0.15) is 0 Å². The monoisotopic (exact) mass is 196 g/mol. The van der Waals surface area contributed by atoms with Crippen LogP contribution < -0.4 is 0 Å². The fourth-order valence-electron chi connectivity index (χ4n) is 0.858. The zero-order valence-electron chi connectivity index (χ0n) is 7.40. The number of ether oxygens (including phenoxy) is 1. The summed E-state index contributed by atoms with van der Waals surface area (Å²) in [7, 11) is 0. The first kappa shape index (κ1) is 10.4. The van der Waals surface area contributed by atoms with Gasteiger partial charge in [0.15, 0.2) is 6.67 Å². The molecule has 0 amide bonds. The number of carbonyl (C=O) groups is 2. The Morgan fingerprint density at radius 2 is 1.86 bits per heavy atom. The lowest BCUT2D eigenvalue weighted by Crippen LogP contribution is -2.18. The minimum absolute atomic E-state index is 0.00852. The van der Waals surface area contributed by atoms with Crippen molar-refractivity contribution in [3.05, 3.63) is 35.9 Å². The van der Waals surface area contributed by atoms with E-state index in [9.17, 15) is 14.0 Å². The molecule has 0 N–H and O–H groups in total. The first-order valence-electron chi connectivity index (χ1n) is 4.04. The predicted octanol–water partition coefficient (Wildman–Crippen LogP) is 1.27. The maximum Gasteiger partial charge on any atom is 0.377 e. The largest absolute Gasteiger partial charge is 0.455 e. The van der Waals surface area contributed by atoms with Crippen LogP contribution in [0.5, 0.6) is 0 Å². The molecule has 4 heteroatoms. The summed E-state index contributed by atoms with van der Waals surface area (Å²) in [6, 6.07) is 8.86. The van der Waals surface area contributed by atoms with Gasteiger partial charge in [0.05, 0.1) is 0 Å². The molecular formula is C10H9FO3. The quantitative estimate of drug-likeness (QED) is 0.538. The standard InChI is InChI=1S/C10H9FO3/c11-6-9(12)10(13)14-7-8-4-2-1-3-5-8/h1-5H,6-7H2. The van der Waals surface area contributed by atoms with Crippen LogP contribution in [-0.2, 0) is 20.9 Å². The van der Waals surface area contributed by atoms with Crippen LogP contribution in [0.25, 0.3) is 0 Å². The van der Waals surface area contributed by atoms with E-state index >= 15 is 0 Å². The van der Waals surface area contributed by atoms with Crippen LogP contribution in [0.4, 0.5) is 4.39 Å². The van der Waals surface area contributed by atoms with Crippen molar-refractivity contribution in [2.24, 2.45) is 0 Å². The highest BCUT2D eigenvalue weighted by Crippen LogP contribution is 2.00. The zero-order valence-corrected chi connectivity index (χ0v) is 7.40. The van der Waals surface area contributed by atoms with Crippen molar-refractivity contribution in [1.82, 2.24) is 0 Å². The average molecular weight is 196 g/mol. The van der Waals surface area contributed by atoms with E-state index in [-0.39, 0.29) is 6.61 Å². The molecule has 0 atom stereocenters. The fourth-order valence-corrected chi connectivity index (χ4v) is 0.858. The molecule has 3 nitrogen and oxygen atoms in total. The van der Waals surface area contributed by atoms with E-state index in [0.717, 1.165) is 5.56 Å². The van der Waals surface area contributed by atoms with Gasteiger partial charge < -0.3 is 4.74 Å². The lowest BCUT2D eigenvalue weighted by atomic mass is 10.2. The molecule has 0 aromatic heterocycles. The summed E-state index contributed by atoms with van der Waals surface area (Å²) in [6.45, 7) is -1.32. The SMILES string of the molecule is O=C(CF)C(=O)OCc1ccccc1. The van der Waals surface area contributed by atoms with Crippen LogP contribution in [0.1, 0.15) is 5.56 Å². The van der Waals surface area contributed by atoms with Crippen molar-refractivity contribution in [1.29, 1.82) is 0 Å². The highest BCUT2D eigenvalue weighted by Gasteiger charge is 2.14. The Morgan fingerprint density at radius 3 is 2.43 bits per heavy atom. The van der Waals surface area contributed by atoms with Crippen LogP contribution >= 0.6 is 0 Å². The van der Waals surface area contributed by atoms with Gasteiger partial charge in [-0.25, -0.2) is 9.18 Å². The molecule has 0 aliphatic heterocycles. The molecule has 0 fully saturated rings. The molecular weight excluding hydrogens is 187 g/mol. The maximum absolute atomic E-state index is 11.7. The second-order valence-electron chi connectivity index (χ2n) is 2.62. The molecule has 0 saturated heterocycles. The number of carbonyl (C=O) groups excluding carboxylic acids is 2. The van der Waals surface area contributed by atoms with Gasteiger partial charge in [0.1, 0.15) is 6.61 Å². The molecule has 0 unspecified atom stereocenters. The number of ketones is 1. The van der Waals surface area contributed by atoms with Crippen molar-refractivity contribution in [2.45, 2.75) is 6.61 Å². The van der Waals surface area contributed by atoms with Gasteiger partial charge in [-0.15, -0.1) is 0 Å². The summed E-state index contributed by atoms with van der Waals surface area (Å²) in [4.78, 5) is 21.2. The number of esters is 1. The topological polar surface area (TPSA) is 43.4 Å². The lowest BCUT2D eigenvalue weighted by molar-refractivity contribution is -0.155. The molecule has 1 aromatic carbocycles. The first-order valence-corrected chi connectivity index (χ1v) is 4.04. The summed E-state index contributed by atoms with van der Waals surface area (Å²) in [5.74, 6) is -2.28. The Morgan fingerprint density at radius 1 is 1.21 bits per heavy atom. The molecule has 1 aromatic rings. The number of Topliss-reactive ketones (excluding diaryl/α,β-unsaturated/α-hetero) is 1. The van der Waals surface area contributed by atoms with Crippen LogP contribution in [0, 0.1) is 0 Å². The van der Waals surface area contributed by atoms with Gasteiger partial charge in [0.2, 0.25) is 0 Å². The Labute approximate surface area is 80.5 Å². The summed E-state index contributed by atoms with van der Waals surface area (Å²) < 4.78 is 16.3. The summed E-state index contributed by atoms with van der Waals surface area (Å²) >= 11 is 0. The first-order chi connectivity index (χ1) is 6.74. The molecule has 0 heterocycles. The van der Waals surface area contributed by atoms with Gasteiger partial charge in [-0.1, -0.05) is 30.3 Å². The van der Waals surface area contributed by atoms with Crippen molar-refractivity contribution in [2.75, 3.05) is 6.67 Å². The average Bonchev–Trinajstić information content (AvgIpc) is 2.26. The van der Waals surface area contributed by atoms with E-state index in [1.165, 1.54) is 0 Å². The third-order valence-corrected chi connectivity index (χ3v) is 1.56. The number of hydrogen-bond acceptors (Lipinski definition) is 3. The van der Waals surface area contributed by atoms with Crippen LogP contribution in [0.3, 0.4) is 0 Å². The van der Waals surface area contributed by atoms with Crippen LogP contribution in [-0.4, -0.2) is 18.4 Å². The van der Waals surface area contributed by atoms with Crippen molar-refractivity contribution < 1.29 is 18.7 Å². The van der Waals surface area contributed by atoms with Gasteiger partial charge in [-0.05, 0) is 5.56 Å². The molecule has 1 rings (SSSR count). The molecule has 0 aliphatic carbocycles. The molecule has 0 aliphatic rings. The van der Waals surface area contributed by atoms with E-state index in [1.807, 2.05) is 6.07 Å². The summed E-state index contributed by atoms with van der Waals surface area (Å²) in [5, 5.41) is 0. The van der Waals surface area contributed by atoms with Gasteiger partial charge in [0.25, 0.3) is 5.78 Å². The second-order valence-corrected chi connectivity index (χ2v) is 2.62. The van der Waals surface area contributed by atoms with Crippen molar-refractivity contribution in [3.63, 3.8) is 0 Å². The van der Waals surface area contributed by atoms with E-state index in [4.69, 9.17) is 0 Å². The van der Waals surface area contributed by atoms with Crippen molar-refractivity contribution >= 4 is 11.8 Å². The fraction of sp³-hybridized carbons (Fsp3) is 0.200. The third-order valence-electron chi connectivity index (χ3n) is 1.56. The molecule has 0 saturated carbocycles. The van der Waals surface area contributed by atoms with Crippen LogP contribution in [0.2, 0.25) is 0 Å².